The van der Waals surface area contributed by atoms with Crippen molar-refractivity contribution in [3.63, 3.8) is 0 Å². The van der Waals surface area contributed by atoms with E-state index in [1.807, 2.05) is 0 Å². The molecule has 0 unspecified atom stereocenters. The number of hydrogen-bond acceptors (Lipinski definition) is 1. The molecule has 0 N–H and O–H groups in total. The van der Waals surface area contributed by atoms with Crippen molar-refractivity contribution in [3.05, 3.63) is 211 Å². The first-order valence-electron chi connectivity index (χ1n) is 20.8. The Balaban J connectivity index is 0.00000104. The molecule has 0 aromatic heterocycles. The predicted molar refractivity (Wildman–Crippen MR) is 251 cm³/mol. The fourth-order valence-electron chi connectivity index (χ4n) is 8.73. The van der Waals surface area contributed by atoms with Crippen LogP contribution < -0.4 is 4.90 Å². The predicted octanol–water partition coefficient (Wildman–Crippen LogP) is 16.6. The third kappa shape index (κ3) is 6.67. The van der Waals surface area contributed by atoms with Crippen molar-refractivity contribution in [1.29, 1.82) is 0 Å². The fraction of sp³-hybridized carbons (Fsp3) is 0.123. The maximum Gasteiger partial charge on any atom is 0.0465 e. The highest BCUT2D eigenvalue weighted by molar-refractivity contribution is 6.15. The molecule has 0 saturated carbocycles. The molecule has 9 aromatic rings. The van der Waals surface area contributed by atoms with E-state index < -0.39 is 0 Å². The lowest BCUT2D eigenvalue weighted by Crippen LogP contribution is -2.16. The van der Waals surface area contributed by atoms with Gasteiger partial charge in [-0.2, -0.15) is 0 Å². The van der Waals surface area contributed by atoms with E-state index >= 15 is 0 Å². The molecular weight excluding hydrogens is 699 g/mol. The molecular formula is C57H49N. The Labute approximate surface area is 343 Å². The molecule has 0 amide bonds. The van der Waals surface area contributed by atoms with Crippen LogP contribution in [0.4, 0.5) is 17.1 Å². The average molecular weight is 748 g/mol. The number of nitrogens with zero attached hydrogens (tertiary/aromatic N) is 1. The van der Waals surface area contributed by atoms with Crippen molar-refractivity contribution >= 4 is 38.6 Å². The molecule has 0 saturated heterocycles. The van der Waals surface area contributed by atoms with Crippen LogP contribution in [0.2, 0.25) is 0 Å². The number of unbranched alkanes of at least 4 members (excludes halogenated alkanes) is 1. The highest BCUT2D eigenvalue weighted by Crippen LogP contribution is 2.54. The number of fused-ring (bicyclic) bond motifs is 6. The van der Waals surface area contributed by atoms with Gasteiger partial charge in [-0.1, -0.05) is 198 Å². The molecule has 0 fully saturated rings. The van der Waals surface area contributed by atoms with Crippen molar-refractivity contribution in [2.45, 2.75) is 46.0 Å². The van der Waals surface area contributed by atoms with Gasteiger partial charge in [0.25, 0.3) is 0 Å². The SMILES string of the molecule is CC1(C)c2cc(N(c3ccc(-c4ccccc4)cc3)c3ccc(-c4ccccc4)cc3)ccc2-c2c(-c3cc4ccccc4c4ccccc34)cccc21.CCCC. The van der Waals surface area contributed by atoms with Gasteiger partial charge in [0.2, 0.25) is 0 Å². The Hall–Kier alpha value is -6.70. The molecule has 1 nitrogen and oxygen atoms in total. The van der Waals surface area contributed by atoms with Gasteiger partial charge in [0, 0.05) is 22.5 Å². The first kappa shape index (κ1) is 36.9. The van der Waals surface area contributed by atoms with Crippen LogP contribution in [0, 0.1) is 0 Å². The summed E-state index contributed by atoms with van der Waals surface area (Å²) in [6.45, 7) is 9.13. The third-order valence-electron chi connectivity index (χ3n) is 12.0. The molecule has 282 valence electrons. The summed E-state index contributed by atoms with van der Waals surface area (Å²) in [6, 6.07) is 73.3. The molecule has 0 bridgehead atoms. The van der Waals surface area contributed by atoms with Gasteiger partial charge in [0.05, 0.1) is 0 Å². The van der Waals surface area contributed by atoms with E-state index in [0.29, 0.717) is 0 Å². The summed E-state index contributed by atoms with van der Waals surface area (Å²) in [6.07, 6.45) is 2.64. The summed E-state index contributed by atoms with van der Waals surface area (Å²) in [7, 11) is 0. The van der Waals surface area contributed by atoms with Gasteiger partial charge in [-0.15, -0.1) is 0 Å². The minimum absolute atomic E-state index is 0.191. The third-order valence-corrected chi connectivity index (χ3v) is 12.0. The van der Waals surface area contributed by atoms with E-state index in [4.69, 9.17) is 0 Å². The van der Waals surface area contributed by atoms with Crippen LogP contribution >= 0.6 is 0 Å². The van der Waals surface area contributed by atoms with Crippen molar-refractivity contribution in [3.8, 4) is 44.5 Å². The first-order valence-corrected chi connectivity index (χ1v) is 20.8. The van der Waals surface area contributed by atoms with Crippen LogP contribution in [0.25, 0.3) is 66.1 Å². The van der Waals surface area contributed by atoms with Crippen molar-refractivity contribution in [1.82, 2.24) is 0 Å². The molecule has 10 rings (SSSR count). The standard InChI is InChI=1S/C53H39N.C4H10/c1-53(2)50-23-13-22-47(49-34-40-18-9-10-19-44(40)45-20-11-12-21-46(45)49)52(50)48-33-32-43(35-51(48)53)54(41-28-24-38(25-29-41)36-14-5-3-6-15-36)42-30-26-39(27-31-42)37-16-7-4-8-17-37;1-3-4-2/h3-35H,1-2H3;3-4H2,1-2H3. The summed E-state index contributed by atoms with van der Waals surface area (Å²) < 4.78 is 0. The highest BCUT2D eigenvalue weighted by atomic mass is 15.1. The minimum atomic E-state index is -0.191. The van der Waals surface area contributed by atoms with Gasteiger partial charge in [-0.05, 0) is 120 Å². The molecule has 0 aliphatic heterocycles. The monoisotopic (exact) mass is 747 g/mol. The molecule has 9 aromatic carbocycles. The van der Waals surface area contributed by atoms with Crippen LogP contribution in [-0.4, -0.2) is 0 Å². The molecule has 58 heavy (non-hydrogen) atoms. The zero-order chi connectivity index (χ0) is 39.6. The second-order valence-electron chi connectivity index (χ2n) is 15.9. The second-order valence-corrected chi connectivity index (χ2v) is 15.9. The lowest BCUT2D eigenvalue weighted by Gasteiger charge is -2.28. The summed E-state index contributed by atoms with van der Waals surface area (Å²) in [5, 5.41) is 5.15. The van der Waals surface area contributed by atoms with Gasteiger partial charge in [-0.3, -0.25) is 0 Å². The topological polar surface area (TPSA) is 3.24 Å². The highest BCUT2D eigenvalue weighted by Gasteiger charge is 2.37. The number of hydrogen-bond donors (Lipinski definition) is 0. The summed E-state index contributed by atoms with van der Waals surface area (Å²) in [5.41, 5.74) is 16.0. The lowest BCUT2D eigenvalue weighted by atomic mass is 9.81. The van der Waals surface area contributed by atoms with Gasteiger partial charge in [0.15, 0.2) is 0 Å². The maximum atomic E-state index is 2.44. The van der Waals surface area contributed by atoms with E-state index in [-0.39, 0.29) is 5.41 Å². The molecule has 1 aliphatic carbocycles. The molecule has 0 spiro atoms. The molecule has 1 heteroatoms. The maximum absolute atomic E-state index is 2.44. The van der Waals surface area contributed by atoms with E-state index in [1.165, 1.54) is 90.0 Å². The number of anilines is 3. The summed E-state index contributed by atoms with van der Waals surface area (Å²) >= 11 is 0. The smallest absolute Gasteiger partial charge is 0.0465 e. The summed E-state index contributed by atoms with van der Waals surface area (Å²) in [5.74, 6) is 0. The second kappa shape index (κ2) is 15.7. The molecule has 0 radical (unpaired) electrons. The first-order chi connectivity index (χ1) is 28.5. The Bertz CT molecular complexity index is 2760. The largest absolute Gasteiger partial charge is 0.310 e. The van der Waals surface area contributed by atoms with Crippen molar-refractivity contribution < 1.29 is 0 Å². The Morgan fingerprint density at radius 2 is 0.862 bits per heavy atom. The quantitative estimate of drug-likeness (QED) is 0.147. The van der Waals surface area contributed by atoms with Crippen molar-refractivity contribution in [2.24, 2.45) is 0 Å². The Morgan fingerprint density at radius 3 is 1.45 bits per heavy atom. The van der Waals surface area contributed by atoms with E-state index in [0.717, 1.165) is 17.1 Å². The average Bonchev–Trinajstić information content (AvgIpc) is 3.52. The fourth-order valence-corrected chi connectivity index (χ4v) is 8.73. The van der Waals surface area contributed by atoms with E-state index in [2.05, 4.69) is 233 Å². The van der Waals surface area contributed by atoms with Crippen LogP contribution in [0.5, 0.6) is 0 Å². The zero-order valence-corrected chi connectivity index (χ0v) is 33.9. The zero-order valence-electron chi connectivity index (χ0n) is 33.9. The van der Waals surface area contributed by atoms with Crippen LogP contribution in [0.15, 0.2) is 200 Å². The van der Waals surface area contributed by atoms with Crippen LogP contribution in [-0.2, 0) is 5.41 Å². The van der Waals surface area contributed by atoms with Gasteiger partial charge in [0.1, 0.15) is 0 Å². The molecule has 1 aliphatic rings. The number of benzene rings is 9. The molecule has 0 atom stereocenters. The Morgan fingerprint density at radius 1 is 0.362 bits per heavy atom. The van der Waals surface area contributed by atoms with E-state index in [1.54, 1.807) is 0 Å². The van der Waals surface area contributed by atoms with Gasteiger partial charge >= 0.3 is 0 Å². The number of rotatable bonds is 7. The van der Waals surface area contributed by atoms with E-state index in [9.17, 15) is 0 Å². The lowest BCUT2D eigenvalue weighted by molar-refractivity contribution is 0.660. The minimum Gasteiger partial charge on any atom is -0.310 e. The van der Waals surface area contributed by atoms with Gasteiger partial charge < -0.3 is 4.90 Å². The summed E-state index contributed by atoms with van der Waals surface area (Å²) in [4.78, 5) is 2.40. The van der Waals surface area contributed by atoms with Gasteiger partial charge in [-0.25, -0.2) is 0 Å². The van der Waals surface area contributed by atoms with Crippen LogP contribution in [0.3, 0.4) is 0 Å². The Kier molecular flexibility index (Phi) is 9.98. The normalized spacial score (nSPS) is 12.4. The van der Waals surface area contributed by atoms with Crippen LogP contribution in [0.1, 0.15) is 51.7 Å². The van der Waals surface area contributed by atoms with Crippen molar-refractivity contribution in [2.75, 3.05) is 4.90 Å². The molecule has 0 heterocycles.